The van der Waals surface area contributed by atoms with Crippen LogP contribution in [0.2, 0.25) is 0 Å². The number of nitrogens with zero attached hydrogens (tertiary/aromatic N) is 2. The number of esters is 1. The minimum atomic E-state index is -0.619. The largest absolute Gasteiger partial charge is 0.497 e. The Morgan fingerprint density at radius 2 is 1.74 bits per heavy atom. The first-order valence-corrected chi connectivity index (χ1v) is 14.5. The number of benzene rings is 3. The van der Waals surface area contributed by atoms with Crippen molar-refractivity contribution in [2.45, 2.75) is 33.4 Å². The summed E-state index contributed by atoms with van der Waals surface area (Å²) in [6.45, 7) is 6.50. The Labute approximate surface area is 247 Å². The number of aromatic nitrogens is 1. The van der Waals surface area contributed by atoms with Crippen molar-refractivity contribution in [2.75, 3.05) is 20.3 Å². The molecule has 0 saturated carbocycles. The third-order valence-electron chi connectivity index (χ3n) is 6.77. The summed E-state index contributed by atoms with van der Waals surface area (Å²) >= 11 is 1.27. The van der Waals surface area contributed by atoms with Crippen LogP contribution in [0, 0.1) is 0 Å². The molecule has 4 aromatic rings. The van der Waals surface area contributed by atoms with E-state index in [0.717, 1.165) is 16.7 Å². The van der Waals surface area contributed by atoms with Gasteiger partial charge in [0.2, 0.25) is 0 Å². The molecule has 3 aromatic carbocycles. The van der Waals surface area contributed by atoms with Crippen LogP contribution in [0.25, 0.3) is 11.8 Å². The molecule has 216 valence electrons. The van der Waals surface area contributed by atoms with Crippen LogP contribution in [0.4, 0.5) is 0 Å². The average molecular weight is 585 g/mol. The van der Waals surface area contributed by atoms with Crippen LogP contribution >= 0.6 is 11.3 Å². The van der Waals surface area contributed by atoms with E-state index >= 15 is 0 Å². The van der Waals surface area contributed by atoms with Crippen molar-refractivity contribution < 1.29 is 23.7 Å². The zero-order chi connectivity index (χ0) is 29.6. The molecule has 0 radical (unpaired) electrons. The minimum Gasteiger partial charge on any atom is -0.497 e. The van der Waals surface area contributed by atoms with Crippen molar-refractivity contribution in [1.82, 2.24) is 4.57 Å². The molecule has 0 N–H and O–H groups in total. The summed E-state index contributed by atoms with van der Waals surface area (Å²) in [5.74, 6) is 1.41. The van der Waals surface area contributed by atoms with Gasteiger partial charge < -0.3 is 18.9 Å². The Kier molecular flexibility index (Phi) is 8.88. The first-order chi connectivity index (χ1) is 20.4. The van der Waals surface area contributed by atoms with Gasteiger partial charge >= 0.3 is 5.97 Å². The van der Waals surface area contributed by atoms with Crippen molar-refractivity contribution in [2.24, 2.45) is 4.99 Å². The van der Waals surface area contributed by atoms with Crippen molar-refractivity contribution in [3.63, 3.8) is 0 Å². The Morgan fingerprint density at radius 1 is 0.976 bits per heavy atom. The fraction of sp³-hybridized carbons (Fsp3) is 0.242. The van der Waals surface area contributed by atoms with Gasteiger partial charge in [-0.25, -0.2) is 9.79 Å². The zero-order valence-electron chi connectivity index (χ0n) is 24.0. The molecule has 2 heterocycles. The van der Waals surface area contributed by atoms with Crippen LogP contribution in [0.1, 0.15) is 43.5 Å². The van der Waals surface area contributed by atoms with E-state index in [-0.39, 0.29) is 12.2 Å². The summed E-state index contributed by atoms with van der Waals surface area (Å²) in [5, 5.41) is 0. The summed E-state index contributed by atoms with van der Waals surface area (Å²) in [7, 11) is 1.60. The topological polar surface area (TPSA) is 88.3 Å². The smallest absolute Gasteiger partial charge is 0.338 e. The third kappa shape index (κ3) is 6.01. The fourth-order valence-electron chi connectivity index (χ4n) is 4.73. The lowest BCUT2D eigenvalue weighted by Gasteiger charge is -2.22. The highest BCUT2D eigenvalue weighted by Gasteiger charge is 2.31. The number of hydrogen-bond acceptors (Lipinski definition) is 8. The predicted molar refractivity (Wildman–Crippen MR) is 163 cm³/mol. The van der Waals surface area contributed by atoms with E-state index in [2.05, 4.69) is 0 Å². The standard InChI is InChI=1S/C33H32N2O6S/c1-5-39-27-18-23(12-17-26(27)41-20-22-10-8-7-9-11-22)19-28-31(36)35-21(3)29(32(37)40-6-2)30(34-33(35)42-28)24-13-15-25(38-4)16-14-24/h7-19,30H,5-6,20H2,1-4H3/b28-19-/t30-/m1/s1. The Hall–Kier alpha value is -4.63. The molecule has 0 unspecified atom stereocenters. The predicted octanol–water partition coefficient (Wildman–Crippen LogP) is 4.89. The second-order valence-corrected chi connectivity index (χ2v) is 10.5. The molecule has 0 amide bonds. The monoisotopic (exact) mass is 584 g/mol. The molecule has 0 aliphatic carbocycles. The van der Waals surface area contributed by atoms with Crippen LogP contribution in [-0.4, -0.2) is 30.9 Å². The van der Waals surface area contributed by atoms with Crippen LogP contribution in [0.3, 0.4) is 0 Å². The number of carbonyl (C=O) groups excluding carboxylic acids is 1. The fourth-order valence-corrected chi connectivity index (χ4v) is 5.77. The zero-order valence-corrected chi connectivity index (χ0v) is 24.8. The first-order valence-electron chi connectivity index (χ1n) is 13.7. The maximum atomic E-state index is 13.6. The van der Waals surface area contributed by atoms with Gasteiger partial charge in [-0.15, -0.1) is 0 Å². The van der Waals surface area contributed by atoms with Crippen LogP contribution in [-0.2, 0) is 16.1 Å². The molecule has 5 rings (SSSR count). The van der Waals surface area contributed by atoms with Gasteiger partial charge in [0.15, 0.2) is 16.3 Å². The van der Waals surface area contributed by atoms with Gasteiger partial charge in [-0.05, 0) is 67.8 Å². The Balaban J connectivity index is 1.55. The van der Waals surface area contributed by atoms with Crippen molar-refractivity contribution >= 4 is 29.1 Å². The molecule has 8 nitrogen and oxygen atoms in total. The second-order valence-electron chi connectivity index (χ2n) is 9.47. The van der Waals surface area contributed by atoms with E-state index < -0.39 is 12.0 Å². The number of fused-ring (bicyclic) bond motifs is 1. The van der Waals surface area contributed by atoms with Gasteiger partial charge in [-0.1, -0.05) is 59.9 Å². The normalized spacial score (nSPS) is 14.7. The lowest BCUT2D eigenvalue weighted by atomic mass is 9.96. The summed E-state index contributed by atoms with van der Waals surface area (Å²) in [6.07, 6.45) is 1.80. The highest BCUT2D eigenvalue weighted by molar-refractivity contribution is 7.07. The number of carbonyl (C=O) groups is 1. The molecule has 9 heteroatoms. The number of hydrogen-bond donors (Lipinski definition) is 0. The Bertz CT molecular complexity index is 1790. The summed E-state index contributed by atoms with van der Waals surface area (Å²) in [4.78, 5) is 32.1. The van der Waals surface area contributed by atoms with Gasteiger partial charge in [0.1, 0.15) is 18.4 Å². The minimum absolute atomic E-state index is 0.211. The lowest BCUT2D eigenvalue weighted by Crippen LogP contribution is -2.35. The molecular weight excluding hydrogens is 552 g/mol. The maximum absolute atomic E-state index is 13.6. The van der Waals surface area contributed by atoms with Gasteiger partial charge in [0, 0.05) is 5.70 Å². The quantitative estimate of drug-likeness (QED) is 0.247. The molecule has 0 spiro atoms. The maximum Gasteiger partial charge on any atom is 0.338 e. The van der Waals surface area contributed by atoms with Crippen molar-refractivity contribution in [3.8, 4) is 17.2 Å². The second kappa shape index (κ2) is 12.9. The third-order valence-corrected chi connectivity index (χ3v) is 7.76. The highest BCUT2D eigenvalue weighted by Crippen LogP contribution is 2.33. The highest BCUT2D eigenvalue weighted by atomic mass is 32.1. The van der Waals surface area contributed by atoms with Gasteiger partial charge in [-0.2, -0.15) is 0 Å². The molecule has 1 aromatic heterocycles. The van der Waals surface area contributed by atoms with Crippen molar-refractivity contribution in [3.05, 3.63) is 115 Å². The van der Waals surface area contributed by atoms with E-state index in [1.807, 2.05) is 79.7 Å². The molecule has 42 heavy (non-hydrogen) atoms. The number of methoxy groups -OCH3 is 1. The molecule has 0 bridgehead atoms. The van der Waals surface area contributed by atoms with Gasteiger partial charge in [0.05, 0.1) is 30.4 Å². The van der Waals surface area contributed by atoms with E-state index in [0.29, 0.717) is 51.1 Å². The number of thiazole rings is 1. The average Bonchev–Trinajstić information content (AvgIpc) is 3.32. The molecule has 1 aliphatic heterocycles. The van der Waals surface area contributed by atoms with Crippen LogP contribution in [0.15, 0.2) is 88.2 Å². The molecular formula is C33H32N2O6S. The number of allylic oxidation sites excluding steroid dienone is 1. The lowest BCUT2D eigenvalue weighted by molar-refractivity contribution is -0.138. The van der Waals surface area contributed by atoms with E-state index in [1.165, 1.54) is 15.9 Å². The number of rotatable bonds is 10. The first kappa shape index (κ1) is 28.9. The van der Waals surface area contributed by atoms with Crippen LogP contribution < -0.4 is 29.1 Å². The molecule has 0 saturated heterocycles. The summed E-state index contributed by atoms with van der Waals surface area (Å²) in [6, 6.07) is 22.3. The molecule has 0 fully saturated rings. The molecule has 1 aliphatic rings. The van der Waals surface area contributed by atoms with E-state index in [1.54, 1.807) is 27.0 Å². The SMILES string of the molecule is CCOC(=O)C1=C(C)n2c(s/c(=C\c3ccc(OCc4ccccc4)c(OCC)c3)c2=O)=N[C@@H]1c1ccc(OC)cc1. The van der Waals surface area contributed by atoms with Crippen LogP contribution in [0.5, 0.6) is 17.2 Å². The summed E-state index contributed by atoms with van der Waals surface area (Å²) in [5.41, 5.74) is 3.20. The van der Waals surface area contributed by atoms with Gasteiger partial charge in [0.25, 0.3) is 5.56 Å². The Morgan fingerprint density at radius 3 is 2.43 bits per heavy atom. The van der Waals surface area contributed by atoms with Crippen molar-refractivity contribution in [1.29, 1.82) is 0 Å². The van der Waals surface area contributed by atoms with E-state index in [9.17, 15) is 9.59 Å². The van der Waals surface area contributed by atoms with E-state index in [4.69, 9.17) is 23.9 Å². The van der Waals surface area contributed by atoms with Gasteiger partial charge in [-0.3, -0.25) is 9.36 Å². The number of ether oxygens (including phenoxy) is 4. The summed E-state index contributed by atoms with van der Waals surface area (Å²) < 4.78 is 24.5. The molecule has 1 atom stereocenters.